The number of amides is 2. The number of nitrogens with one attached hydrogen (secondary N) is 4. The molecule has 0 aromatic heterocycles. The van der Waals surface area contributed by atoms with Crippen molar-refractivity contribution in [3.05, 3.63) is 58.7 Å². The van der Waals surface area contributed by atoms with Crippen LogP contribution in [0, 0.1) is 0 Å². The number of hydrogen-bond donors (Lipinski definition) is 4. The van der Waals surface area contributed by atoms with E-state index in [1.807, 2.05) is 0 Å². The summed E-state index contributed by atoms with van der Waals surface area (Å²) >= 11 is 0. The minimum Gasteiger partial charge on any atom is -0.469 e. The van der Waals surface area contributed by atoms with E-state index in [-0.39, 0.29) is 59.3 Å². The Balaban J connectivity index is 1.75. The Bertz CT molecular complexity index is 1490. The molecule has 0 aliphatic heterocycles. The van der Waals surface area contributed by atoms with Gasteiger partial charge in [0.2, 0.25) is 11.8 Å². The van der Waals surface area contributed by atoms with Gasteiger partial charge in [-0.25, -0.2) is 0 Å². The zero-order valence-electron chi connectivity index (χ0n) is 26.8. The highest BCUT2D eigenvalue weighted by atomic mass is 16.5. The molecule has 0 heterocycles. The molecule has 1 aliphatic carbocycles. The third kappa shape index (κ3) is 9.29. The van der Waals surface area contributed by atoms with Gasteiger partial charge in [-0.2, -0.15) is 0 Å². The van der Waals surface area contributed by atoms with Crippen LogP contribution in [0.1, 0.15) is 57.5 Å². The molecule has 4 N–H and O–H groups in total. The van der Waals surface area contributed by atoms with Crippen LogP contribution < -0.4 is 21.3 Å². The lowest BCUT2D eigenvalue weighted by molar-refractivity contribution is -0.146. The summed E-state index contributed by atoms with van der Waals surface area (Å²) in [6.07, 6.45) is -0.186. The van der Waals surface area contributed by atoms with Gasteiger partial charge in [-0.1, -0.05) is 24.3 Å². The van der Waals surface area contributed by atoms with Gasteiger partial charge in [-0.05, 0) is 25.0 Å². The quantitative estimate of drug-likeness (QED) is 0.121. The fraction of sp³-hybridized carbons (Fsp3) is 0.375. The molecule has 0 fully saturated rings. The summed E-state index contributed by atoms with van der Waals surface area (Å²) in [7, 11) is 4.74. The van der Waals surface area contributed by atoms with E-state index in [4.69, 9.17) is 9.47 Å². The van der Waals surface area contributed by atoms with Gasteiger partial charge in [0, 0.05) is 24.0 Å². The number of ketones is 2. The average Bonchev–Trinajstić information content (AvgIpc) is 3.09. The minimum absolute atomic E-state index is 0.00727. The Hall–Kier alpha value is -5.48. The van der Waals surface area contributed by atoms with Gasteiger partial charge in [0.25, 0.3) is 0 Å². The van der Waals surface area contributed by atoms with Crippen molar-refractivity contribution >= 4 is 58.6 Å². The molecule has 2 amide bonds. The van der Waals surface area contributed by atoms with Gasteiger partial charge in [0.1, 0.15) is 12.1 Å². The predicted octanol–water partition coefficient (Wildman–Crippen LogP) is 0.508. The SMILES string of the molecule is COC(=O)CC[C@H](NCC(=O)Nc1cccc2c1C(=O)c1cccc(NC(=O)CN[C@@H](CCC(=O)OC)C(=O)OC)c1C2=O)C(=O)OC. The normalized spacial score (nSPS) is 12.8. The molecule has 0 unspecified atom stereocenters. The number of benzene rings is 2. The number of ether oxygens (including phenoxy) is 4. The van der Waals surface area contributed by atoms with Crippen LogP contribution in [0.2, 0.25) is 0 Å². The van der Waals surface area contributed by atoms with Crippen molar-refractivity contribution in [1.82, 2.24) is 10.6 Å². The van der Waals surface area contributed by atoms with E-state index in [0.717, 1.165) is 14.2 Å². The van der Waals surface area contributed by atoms with Crippen LogP contribution >= 0.6 is 0 Å². The Labute approximate surface area is 275 Å². The van der Waals surface area contributed by atoms with E-state index >= 15 is 0 Å². The third-order valence-electron chi connectivity index (χ3n) is 7.34. The van der Waals surface area contributed by atoms with Gasteiger partial charge in [0.15, 0.2) is 11.6 Å². The van der Waals surface area contributed by atoms with Crippen molar-refractivity contribution in [2.75, 3.05) is 52.2 Å². The minimum atomic E-state index is -0.991. The number of rotatable bonds is 16. The second-order valence-corrected chi connectivity index (χ2v) is 10.4. The van der Waals surface area contributed by atoms with Crippen molar-refractivity contribution in [2.24, 2.45) is 0 Å². The molecule has 16 heteroatoms. The second-order valence-electron chi connectivity index (χ2n) is 10.4. The third-order valence-corrected chi connectivity index (χ3v) is 7.34. The van der Waals surface area contributed by atoms with Crippen LogP contribution in [0.5, 0.6) is 0 Å². The molecular weight excluding hydrogens is 632 g/mol. The summed E-state index contributed by atoms with van der Waals surface area (Å²) < 4.78 is 18.6. The molecule has 0 saturated carbocycles. The van der Waals surface area contributed by atoms with E-state index in [0.29, 0.717) is 0 Å². The highest BCUT2D eigenvalue weighted by Gasteiger charge is 2.34. The Morgan fingerprint density at radius 3 is 1.29 bits per heavy atom. The van der Waals surface area contributed by atoms with E-state index in [2.05, 4.69) is 30.7 Å². The molecule has 1 aliphatic rings. The van der Waals surface area contributed by atoms with Gasteiger partial charge < -0.3 is 29.6 Å². The number of esters is 4. The number of carbonyl (C=O) groups excluding carboxylic acids is 8. The number of anilines is 2. The molecule has 2 atom stereocenters. The predicted molar refractivity (Wildman–Crippen MR) is 167 cm³/mol. The molecule has 16 nitrogen and oxygen atoms in total. The van der Waals surface area contributed by atoms with Crippen molar-refractivity contribution in [2.45, 2.75) is 37.8 Å². The summed E-state index contributed by atoms with van der Waals surface area (Å²) in [4.78, 5) is 100. The first-order valence-electron chi connectivity index (χ1n) is 14.7. The van der Waals surface area contributed by atoms with Gasteiger partial charge in [-0.3, -0.25) is 49.0 Å². The van der Waals surface area contributed by atoms with Gasteiger partial charge in [0.05, 0.1) is 64.0 Å². The maximum atomic E-state index is 13.7. The Morgan fingerprint density at radius 2 is 0.958 bits per heavy atom. The van der Waals surface area contributed by atoms with E-state index in [1.165, 1.54) is 50.6 Å². The molecule has 2 aromatic carbocycles. The average molecular weight is 669 g/mol. The molecule has 2 aromatic rings. The monoisotopic (exact) mass is 668 g/mol. The number of hydrogen-bond acceptors (Lipinski definition) is 14. The molecular formula is C32H36N4O12. The van der Waals surface area contributed by atoms with E-state index < -0.39 is 72.4 Å². The maximum absolute atomic E-state index is 13.7. The highest BCUT2D eigenvalue weighted by Crippen LogP contribution is 2.35. The topological polar surface area (TPSA) is 222 Å². The molecule has 0 bridgehead atoms. The van der Waals surface area contributed by atoms with Crippen LogP contribution in [-0.4, -0.2) is 101 Å². The standard InChI is InChI=1S/C32H36N4O12/c1-45-25(39)13-11-21(31(43)47-3)33-15-23(37)35-19-9-5-7-17-27(19)29(41)18-8-6-10-20(28(18)30(17)42)36-24(38)16-34-22(32(44)48-4)12-14-26(40)46-2/h5-10,21-22,33-34H,11-16H2,1-4H3,(H,35,37)(H,36,38)/t21-,22-/m0/s1. The lowest BCUT2D eigenvalue weighted by Crippen LogP contribution is -2.42. The van der Waals surface area contributed by atoms with Crippen LogP contribution in [-0.2, 0) is 47.7 Å². The molecule has 256 valence electrons. The highest BCUT2D eigenvalue weighted by molar-refractivity contribution is 6.32. The summed E-state index contributed by atoms with van der Waals surface area (Å²) in [5.41, 5.74) is -0.0568. The van der Waals surface area contributed by atoms with Crippen molar-refractivity contribution in [3.63, 3.8) is 0 Å². The first-order chi connectivity index (χ1) is 22.9. The summed E-state index contributed by atoms with van der Waals surface area (Å²) in [6, 6.07) is 6.67. The Morgan fingerprint density at radius 1 is 0.583 bits per heavy atom. The fourth-order valence-electron chi connectivity index (χ4n) is 4.89. The summed E-state index contributed by atoms with van der Waals surface area (Å²) in [5.74, 6) is -4.95. The van der Waals surface area contributed by atoms with Crippen molar-refractivity contribution in [1.29, 1.82) is 0 Å². The van der Waals surface area contributed by atoms with E-state index in [9.17, 15) is 38.4 Å². The zero-order chi connectivity index (χ0) is 35.4. The molecule has 48 heavy (non-hydrogen) atoms. The van der Waals surface area contributed by atoms with Crippen molar-refractivity contribution < 1.29 is 57.3 Å². The number of methoxy groups -OCH3 is 4. The smallest absolute Gasteiger partial charge is 0.322 e. The van der Waals surface area contributed by atoms with Crippen molar-refractivity contribution in [3.8, 4) is 0 Å². The first kappa shape index (κ1) is 37.0. The fourth-order valence-corrected chi connectivity index (χ4v) is 4.89. The summed E-state index contributed by atoms with van der Waals surface area (Å²) in [6.45, 7) is -0.792. The number of carbonyl (C=O) groups is 8. The molecule has 0 radical (unpaired) electrons. The lowest BCUT2D eigenvalue weighted by atomic mass is 9.82. The number of fused-ring (bicyclic) bond motifs is 2. The van der Waals surface area contributed by atoms with Crippen LogP contribution in [0.15, 0.2) is 36.4 Å². The van der Waals surface area contributed by atoms with Gasteiger partial charge >= 0.3 is 23.9 Å². The molecule has 0 spiro atoms. The second kappa shape index (κ2) is 17.4. The summed E-state index contributed by atoms with van der Waals surface area (Å²) in [5, 5.41) is 10.6. The molecule has 0 saturated heterocycles. The van der Waals surface area contributed by atoms with Crippen LogP contribution in [0.4, 0.5) is 11.4 Å². The Kier molecular flexibility index (Phi) is 13.4. The largest absolute Gasteiger partial charge is 0.469 e. The lowest BCUT2D eigenvalue weighted by Gasteiger charge is -2.23. The molecule has 3 rings (SSSR count). The zero-order valence-corrected chi connectivity index (χ0v) is 26.8. The van der Waals surface area contributed by atoms with Gasteiger partial charge in [-0.15, -0.1) is 0 Å². The first-order valence-corrected chi connectivity index (χ1v) is 14.7. The van der Waals surface area contributed by atoms with Crippen LogP contribution in [0.25, 0.3) is 0 Å². The van der Waals surface area contributed by atoms with E-state index in [1.54, 1.807) is 0 Å². The maximum Gasteiger partial charge on any atom is 0.322 e. The van der Waals surface area contributed by atoms with Crippen LogP contribution in [0.3, 0.4) is 0 Å².